The number of anilines is 1. The molecule has 0 radical (unpaired) electrons. The van der Waals surface area contributed by atoms with Crippen LogP contribution in [0.1, 0.15) is 50.5 Å². The molecule has 1 aromatic heterocycles. The number of carbonyl (C=O) groups is 3. The molecule has 2 amide bonds. The second-order valence-electron chi connectivity index (χ2n) is 7.92. The molecule has 3 rings (SSSR count). The summed E-state index contributed by atoms with van der Waals surface area (Å²) in [5.74, 6) is -1.49. The van der Waals surface area contributed by atoms with Crippen molar-refractivity contribution in [3.05, 3.63) is 52.1 Å². The van der Waals surface area contributed by atoms with E-state index in [0.717, 1.165) is 18.9 Å². The fourth-order valence-corrected chi connectivity index (χ4v) is 3.69. The number of ketones is 1. The van der Waals surface area contributed by atoms with Gasteiger partial charge < -0.3 is 15.2 Å². The Balaban J connectivity index is 1.87. The molecule has 1 aliphatic rings. The molecule has 0 bridgehead atoms. The molecule has 2 aromatic rings. The molecule has 10 heteroatoms. The van der Waals surface area contributed by atoms with Crippen LogP contribution in [0.2, 0.25) is 0 Å². The summed E-state index contributed by atoms with van der Waals surface area (Å²) in [5.41, 5.74) is -1.34. The van der Waals surface area contributed by atoms with E-state index in [9.17, 15) is 31.9 Å². The van der Waals surface area contributed by atoms with E-state index in [2.05, 4.69) is 16.6 Å². The lowest BCUT2D eigenvalue weighted by Crippen LogP contribution is -2.40. The van der Waals surface area contributed by atoms with Crippen molar-refractivity contribution >= 4 is 23.3 Å². The van der Waals surface area contributed by atoms with Crippen molar-refractivity contribution < 1.29 is 31.9 Å². The molecule has 1 fully saturated rings. The van der Waals surface area contributed by atoms with E-state index in [1.807, 2.05) is 0 Å². The lowest BCUT2D eigenvalue weighted by Gasteiger charge is -2.12. The van der Waals surface area contributed by atoms with E-state index in [4.69, 9.17) is 6.42 Å². The number of benzene rings is 1. The standard InChI is InChI=1S/C23H21F4N3O3/c1-5-17(13-6-7-13)29-22(33)20(31)18-11(2)19(30(4)12(18)3)21(32)28-14-8-9-16(24)15(10-14)23(25,26)27/h1,8-10,13,17H,6-7H2,2-4H3,(H,28,32)(H,29,33). The normalized spacial score (nSPS) is 14.4. The van der Waals surface area contributed by atoms with Crippen LogP contribution in [0.3, 0.4) is 0 Å². The van der Waals surface area contributed by atoms with E-state index >= 15 is 0 Å². The third-order valence-corrected chi connectivity index (χ3v) is 5.67. The Hall–Kier alpha value is -3.61. The van der Waals surface area contributed by atoms with Crippen molar-refractivity contribution in [2.45, 2.75) is 38.9 Å². The van der Waals surface area contributed by atoms with Crippen LogP contribution in [0.15, 0.2) is 18.2 Å². The number of aromatic nitrogens is 1. The molecular weight excluding hydrogens is 442 g/mol. The van der Waals surface area contributed by atoms with Crippen molar-refractivity contribution in [3.8, 4) is 12.3 Å². The average Bonchev–Trinajstić information content (AvgIpc) is 3.54. The zero-order valence-electron chi connectivity index (χ0n) is 18.1. The van der Waals surface area contributed by atoms with E-state index < -0.39 is 41.2 Å². The third-order valence-electron chi connectivity index (χ3n) is 5.67. The maximum atomic E-state index is 13.5. The van der Waals surface area contributed by atoms with Crippen molar-refractivity contribution in [1.82, 2.24) is 9.88 Å². The number of hydrogen-bond acceptors (Lipinski definition) is 3. The van der Waals surface area contributed by atoms with Gasteiger partial charge in [0.05, 0.1) is 17.2 Å². The van der Waals surface area contributed by atoms with Gasteiger partial charge in [-0.1, -0.05) is 5.92 Å². The van der Waals surface area contributed by atoms with Crippen molar-refractivity contribution in [2.75, 3.05) is 5.32 Å². The predicted octanol–water partition coefficient (Wildman–Crippen LogP) is 3.76. The largest absolute Gasteiger partial charge is 0.419 e. The molecule has 33 heavy (non-hydrogen) atoms. The van der Waals surface area contributed by atoms with Crippen molar-refractivity contribution in [3.63, 3.8) is 0 Å². The van der Waals surface area contributed by atoms with E-state index in [-0.39, 0.29) is 28.4 Å². The number of amides is 2. The van der Waals surface area contributed by atoms with Gasteiger partial charge in [-0.05, 0) is 56.4 Å². The highest BCUT2D eigenvalue weighted by molar-refractivity contribution is 6.43. The van der Waals surface area contributed by atoms with Gasteiger partial charge in [-0.2, -0.15) is 13.2 Å². The summed E-state index contributed by atoms with van der Waals surface area (Å²) in [4.78, 5) is 38.1. The van der Waals surface area contributed by atoms with Crippen LogP contribution in [0.5, 0.6) is 0 Å². The van der Waals surface area contributed by atoms with Gasteiger partial charge in [0.1, 0.15) is 11.5 Å². The van der Waals surface area contributed by atoms with Gasteiger partial charge in [-0.15, -0.1) is 6.42 Å². The highest BCUT2D eigenvalue weighted by Gasteiger charge is 2.36. The second kappa shape index (κ2) is 8.73. The molecule has 1 saturated carbocycles. The number of hydrogen-bond donors (Lipinski definition) is 2. The second-order valence-corrected chi connectivity index (χ2v) is 7.92. The lowest BCUT2D eigenvalue weighted by molar-refractivity contribution is -0.139. The van der Waals surface area contributed by atoms with Crippen LogP contribution in [0, 0.1) is 37.9 Å². The molecule has 0 saturated heterocycles. The molecule has 6 nitrogen and oxygen atoms in total. The number of nitrogens with zero attached hydrogens (tertiary/aromatic N) is 1. The molecule has 2 N–H and O–H groups in total. The van der Waals surface area contributed by atoms with Gasteiger partial charge >= 0.3 is 6.18 Å². The Labute approximate surface area is 187 Å². The first-order valence-electron chi connectivity index (χ1n) is 10.0. The first kappa shape index (κ1) is 24.0. The topological polar surface area (TPSA) is 80.2 Å². The summed E-state index contributed by atoms with van der Waals surface area (Å²) >= 11 is 0. The summed E-state index contributed by atoms with van der Waals surface area (Å²) in [6.07, 6.45) is 2.20. The van der Waals surface area contributed by atoms with Crippen LogP contribution in [-0.2, 0) is 18.0 Å². The summed E-state index contributed by atoms with van der Waals surface area (Å²) in [7, 11) is 1.48. The van der Waals surface area contributed by atoms with Gasteiger partial charge in [-0.25, -0.2) is 4.39 Å². The Morgan fingerprint density at radius 3 is 2.39 bits per heavy atom. The highest BCUT2D eigenvalue weighted by Crippen LogP contribution is 2.34. The van der Waals surface area contributed by atoms with E-state index in [1.54, 1.807) is 0 Å². The monoisotopic (exact) mass is 463 g/mol. The van der Waals surface area contributed by atoms with Gasteiger partial charge in [0.15, 0.2) is 0 Å². The maximum absolute atomic E-state index is 13.5. The minimum absolute atomic E-state index is 0.00167. The summed E-state index contributed by atoms with van der Waals surface area (Å²) in [6, 6.07) is 1.51. The number of alkyl halides is 3. The minimum Gasteiger partial charge on any atom is -0.343 e. The maximum Gasteiger partial charge on any atom is 0.419 e. The van der Waals surface area contributed by atoms with Gasteiger partial charge in [0.2, 0.25) is 0 Å². The number of halogens is 4. The Morgan fingerprint density at radius 2 is 1.85 bits per heavy atom. The number of carbonyl (C=O) groups excluding carboxylic acids is 3. The van der Waals surface area contributed by atoms with Crippen molar-refractivity contribution in [2.24, 2.45) is 13.0 Å². The quantitative estimate of drug-likeness (QED) is 0.296. The summed E-state index contributed by atoms with van der Waals surface area (Å²) < 4.78 is 53.8. The molecule has 0 aliphatic heterocycles. The molecule has 1 aromatic carbocycles. The van der Waals surface area contributed by atoms with Crippen LogP contribution < -0.4 is 10.6 Å². The van der Waals surface area contributed by atoms with Crippen molar-refractivity contribution in [1.29, 1.82) is 0 Å². The van der Waals surface area contributed by atoms with E-state index in [0.29, 0.717) is 17.8 Å². The third kappa shape index (κ3) is 4.77. The smallest absolute Gasteiger partial charge is 0.343 e. The first-order valence-corrected chi connectivity index (χ1v) is 10.0. The highest BCUT2D eigenvalue weighted by atomic mass is 19.4. The number of Topliss-reactive ketones (excluding diaryl/α,β-unsaturated/α-hetero) is 1. The number of terminal acetylenes is 1. The zero-order chi connectivity index (χ0) is 24.7. The Morgan fingerprint density at radius 1 is 1.21 bits per heavy atom. The minimum atomic E-state index is -4.94. The summed E-state index contributed by atoms with van der Waals surface area (Å²) in [5, 5.41) is 4.82. The van der Waals surface area contributed by atoms with E-state index in [1.165, 1.54) is 25.5 Å². The lowest BCUT2D eigenvalue weighted by atomic mass is 10.0. The zero-order valence-corrected chi connectivity index (χ0v) is 18.1. The molecule has 1 heterocycles. The van der Waals surface area contributed by atoms with Crippen LogP contribution in [0.25, 0.3) is 0 Å². The predicted molar refractivity (Wildman–Crippen MR) is 112 cm³/mol. The van der Waals surface area contributed by atoms with Crippen LogP contribution in [-0.4, -0.2) is 28.2 Å². The Kier molecular flexibility index (Phi) is 6.36. The Bertz CT molecular complexity index is 1190. The number of nitrogens with one attached hydrogen (secondary N) is 2. The molecule has 174 valence electrons. The van der Waals surface area contributed by atoms with Gasteiger partial charge in [-0.3, -0.25) is 14.4 Å². The van der Waals surface area contributed by atoms with Gasteiger partial charge in [0, 0.05) is 18.4 Å². The fourth-order valence-electron chi connectivity index (χ4n) is 3.69. The molecular formula is C23H21F4N3O3. The molecule has 0 spiro atoms. The van der Waals surface area contributed by atoms with Crippen LogP contribution >= 0.6 is 0 Å². The molecule has 1 aliphatic carbocycles. The van der Waals surface area contributed by atoms with Gasteiger partial charge in [0.25, 0.3) is 17.6 Å². The fraction of sp³-hybridized carbons (Fsp3) is 0.348. The summed E-state index contributed by atoms with van der Waals surface area (Å²) in [6.45, 7) is 2.98. The van der Waals surface area contributed by atoms with Crippen LogP contribution in [0.4, 0.5) is 23.2 Å². The average molecular weight is 463 g/mol. The first-order chi connectivity index (χ1) is 15.4. The number of rotatable bonds is 6. The molecule has 1 atom stereocenters. The SMILES string of the molecule is C#CC(NC(=O)C(=O)c1c(C)c(C(=O)Nc2ccc(F)c(C(F)(F)F)c2)n(C)c1C)C1CC1. The molecule has 1 unspecified atom stereocenters.